The molecule has 7 nitrogen and oxygen atoms in total. The van der Waals surface area contributed by atoms with Gasteiger partial charge in [0, 0.05) is 17.6 Å². The Morgan fingerprint density at radius 2 is 1.54 bits per heavy atom. The van der Waals surface area contributed by atoms with Crippen molar-refractivity contribution in [1.29, 1.82) is 0 Å². The van der Waals surface area contributed by atoms with Crippen LogP contribution in [0.5, 0.6) is 0 Å². The summed E-state index contributed by atoms with van der Waals surface area (Å²) in [6.45, 7) is 8.01. The first kappa shape index (κ1) is 30.4. The minimum Gasteiger partial charge on any atom is -0.354 e. The molecule has 3 aromatic rings. The summed E-state index contributed by atoms with van der Waals surface area (Å²) in [6.07, 6.45) is 0.380. The van der Waals surface area contributed by atoms with Crippen molar-refractivity contribution in [2.45, 2.75) is 51.6 Å². The summed E-state index contributed by atoms with van der Waals surface area (Å²) in [5, 5.41) is 2.95. The molecule has 0 spiro atoms. The molecule has 0 aliphatic carbocycles. The molecule has 9 heteroatoms. The van der Waals surface area contributed by atoms with Gasteiger partial charge in [0.1, 0.15) is 12.6 Å². The average Bonchev–Trinajstić information content (AvgIpc) is 2.92. The third kappa shape index (κ3) is 7.92. The smallest absolute Gasteiger partial charge is 0.264 e. The summed E-state index contributed by atoms with van der Waals surface area (Å²) >= 11 is 3.39. The van der Waals surface area contributed by atoms with Crippen molar-refractivity contribution >= 4 is 43.5 Å². The number of aryl methyl sites for hydroxylation is 1. The van der Waals surface area contributed by atoms with Crippen molar-refractivity contribution in [1.82, 2.24) is 10.2 Å². The molecule has 1 N–H and O–H groups in total. The Morgan fingerprint density at radius 3 is 2.13 bits per heavy atom. The number of nitrogens with one attached hydrogen (secondary N) is 1. The van der Waals surface area contributed by atoms with E-state index < -0.39 is 28.5 Å². The number of nitrogens with zero attached hydrogens (tertiary/aromatic N) is 2. The number of hydrogen-bond acceptors (Lipinski definition) is 4. The predicted octanol–water partition coefficient (Wildman–Crippen LogP) is 5.53. The van der Waals surface area contributed by atoms with E-state index in [1.54, 1.807) is 42.5 Å². The molecule has 0 unspecified atom stereocenters. The van der Waals surface area contributed by atoms with E-state index in [2.05, 4.69) is 21.2 Å². The summed E-state index contributed by atoms with van der Waals surface area (Å²) < 4.78 is 29.5. The molecule has 0 aliphatic rings. The number of rotatable bonds is 12. The first-order valence-electron chi connectivity index (χ1n) is 13.0. The second-order valence-corrected chi connectivity index (χ2v) is 12.6. The monoisotopic (exact) mass is 613 g/mol. The average molecular weight is 615 g/mol. The second-order valence-electron chi connectivity index (χ2n) is 9.81. The van der Waals surface area contributed by atoms with Gasteiger partial charge >= 0.3 is 0 Å². The summed E-state index contributed by atoms with van der Waals surface area (Å²) in [4.78, 5) is 28.9. The van der Waals surface area contributed by atoms with Gasteiger partial charge in [0.25, 0.3) is 10.0 Å². The molecular weight excluding hydrogens is 578 g/mol. The topological polar surface area (TPSA) is 86.8 Å². The van der Waals surface area contributed by atoms with Gasteiger partial charge in [-0.3, -0.25) is 13.9 Å². The number of anilines is 1. The highest BCUT2D eigenvalue weighted by molar-refractivity contribution is 9.10. The van der Waals surface area contributed by atoms with Gasteiger partial charge in [-0.2, -0.15) is 0 Å². The fourth-order valence-electron chi connectivity index (χ4n) is 4.17. The van der Waals surface area contributed by atoms with E-state index in [1.807, 2.05) is 52.0 Å². The number of sulfonamides is 1. The lowest BCUT2D eigenvalue weighted by Gasteiger charge is -2.33. The normalized spacial score (nSPS) is 12.2. The van der Waals surface area contributed by atoms with Gasteiger partial charge in [0.2, 0.25) is 11.8 Å². The Bertz CT molecular complexity index is 1360. The maximum absolute atomic E-state index is 14.1. The maximum Gasteiger partial charge on any atom is 0.264 e. The highest BCUT2D eigenvalue weighted by atomic mass is 79.9. The van der Waals surface area contributed by atoms with Crippen molar-refractivity contribution in [2.24, 2.45) is 5.92 Å². The molecule has 0 aliphatic heterocycles. The Labute approximate surface area is 240 Å². The van der Waals surface area contributed by atoms with Crippen LogP contribution >= 0.6 is 15.9 Å². The summed E-state index contributed by atoms with van der Waals surface area (Å²) in [6, 6.07) is 21.7. The van der Waals surface area contributed by atoms with Crippen molar-refractivity contribution in [2.75, 3.05) is 17.4 Å². The molecule has 0 fully saturated rings. The van der Waals surface area contributed by atoms with Crippen molar-refractivity contribution < 1.29 is 18.0 Å². The molecule has 3 aromatic carbocycles. The van der Waals surface area contributed by atoms with Crippen LogP contribution in [-0.4, -0.2) is 44.3 Å². The molecular formula is C30H36BrN3O4S. The zero-order valence-corrected chi connectivity index (χ0v) is 25.2. The molecule has 208 valence electrons. The highest BCUT2D eigenvalue weighted by Gasteiger charge is 2.33. The maximum atomic E-state index is 14.1. The van der Waals surface area contributed by atoms with Crippen LogP contribution in [0.25, 0.3) is 0 Å². The Balaban J connectivity index is 2.04. The lowest BCUT2D eigenvalue weighted by atomic mass is 10.1. The number of amides is 2. The molecule has 0 saturated heterocycles. The van der Waals surface area contributed by atoms with Gasteiger partial charge in [-0.05, 0) is 66.8 Å². The Kier molecular flexibility index (Phi) is 10.7. The summed E-state index contributed by atoms with van der Waals surface area (Å²) in [5.74, 6) is -0.475. The largest absolute Gasteiger partial charge is 0.354 e. The van der Waals surface area contributed by atoms with E-state index in [9.17, 15) is 18.0 Å². The van der Waals surface area contributed by atoms with E-state index >= 15 is 0 Å². The molecule has 0 aromatic heterocycles. The van der Waals surface area contributed by atoms with Gasteiger partial charge in [-0.25, -0.2) is 8.42 Å². The summed E-state index contributed by atoms with van der Waals surface area (Å²) in [7, 11) is -4.08. The van der Waals surface area contributed by atoms with Crippen LogP contribution in [-0.2, 0) is 26.2 Å². The number of halogens is 1. The molecule has 2 amide bonds. The van der Waals surface area contributed by atoms with Gasteiger partial charge in [0.05, 0.1) is 10.6 Å². The van der Waals surface area contributed by atoms with Gasteiger partial charge in [-0.15, -0.1) is 0 Å². The van der Waals surface area contributed by atoms with E-state index in [-0.39, 0.29) is 23.3 Å². The van der Waals surface area contributed by atoms with Crippen LogP contribution < -0.4 is 9.62 Å². The van der Waals surface area contributed by atoms with E-state index in [1.165, 1.54) is 17.0 Å². The standard InChI is InChI=1S/C30H36BrN3O4S/c1-5-28(30(36)32-19-22(2)3)33(20-24-12-10-9-11-23(24)4)29(35)21-34(26-17-15-25(31)16-18-26)39(37,38)27-13-7-6-8-14-27/h6-18,22,28H,5,19-21H2,1-4H3,(H,32,36)/t28-/m1/s1. The van der Waals surface area contributed by atoms with Crippen LogP contribution in [0.4, 0.5) is 5.69 Å². The van der Waals surface area contributed by atoms with E-state index in [0.717, 1.165) is 19.9 Å². The minimum atomic E-state index is -4.08. The number of carbonyl (C=O) groups is 2. The van der Waals surface area contributed by atoms with Crippen LogP contribution in [0, 0.1) is 12.8 Å². The van der Waals surface area contributed by atoms with Crippen LogP contribution in [0.1, 0.15) is 38.3 Å². The van der Waals surface area contributed by atoms with Gasteiger partial charge in [-0.1, -0.05) is 79.2 Å². The third-order valence-corrected chi connectivity index (χ3v) is 8.71. The van der Waals surface area contributed by atoms with Crippen LogP contribution in [0.3, 0.4) is 0 Å². The Hall–Kier alpha value is -3.17. The van der Waals surface area contributed by atoms with Gasteiger partial charge in [0.15, 0.2) is 0 Å². The SMILES string of the molecule is CC[C@H](C(=O)NCC(C)C)N(Cc1ccccc1C)C(=O)CN(c1ccc(Br)cc1)S(=O)(=O)c1ccccc1. The third-order valence-electron chi connectivity index (χ3n) is 6.40. The highest BCUT2D eigenvalue weighted by Crippen LogP contribution is 2.26. The fraction of sp³-hybridized carbons (Fsp3) is 0.333. The molecule has 39 heavy (non-hydrogen) atoms. The van der Waals surface area contributed by atoms with Gasteiger partial charge < -0.3 is 10.2 Å². The fourth-order valence-corrected chi connectivity index (χ4v) is 5.87. The minimum absolute atomic E-state index is 0.0768. The van der Waals surface area contributed by atoms with Crippen molar-refractivity contribution in [3.05, 3.63) is 94.5 Å². The van der Waals surface area contributed by atoms with E-state index in [0.29, 0.717) is 18.7 Å². The number of hydrogen-bond donors (Lipinski definition) is 1. The first-order chi connectivity index (χ1) is 18.5. The molecule has 1 atom stereocenters. The second kappa shape index (κ2) is 13.8. The lowest BCUT2D eigenvalue weighted by Crippen LogP contribution is -2.52. The lowest BCUT2D eigenvalue weighted by molar-refractivity contribution is -0.140. The van der Waals surface area contributed by atoms with Crippen molar-refractivity contribution in [3.63, 3.8) is 0 Å². The Morgan fingerprint density at radius 1 is 0.923 bits per heavy atom. The van der Waals surface area contributed by atoms with E-state index in [4.69, 9.17) is 0 Å². The zero-order chi connectivity index (χ0) is 28.6. The molecule has 0 bridgehead atoms. The first-order valence-corrected chi connectivity index (χ1v) is 15.2. The quantitative estimate of drug-likeness (QED) is 0.291. The number of benzene rings is 3. The predicted molar refractivity (Wildman–Crippen MR) is 159 cm³/mol. The van der Waals surface area contributed by atoms with Crippen LogP contribution in [0.2, 0.25) is 0 Å². The van der Waals surface area contributed by atoms with Crippen molar-refractivity contribution in [3.8, 4) is 0 Å². The number of carbonyl (C=O) groups excluding carboxylic acids is 2. The molecule has 3 rings (SSSR count). The molecule has 0 heterocycles. The summed E-state index contributed by atoms with van der Waals surface area (Å²) in [5.41, 5.74) is 2.22. The molecule has 0 saturated carbocycles. The zero-order valence-electron chi connectivity index (χ0n) is 22.8. The molecule has 0 radical (unpaired) electrons. The van der Waals surface area contributed by atoms with Crippen LogP contribution in [0.15, 0.2) is 88.2 Å².